The minimum absolute atomic E-state index is 0.223. The van der Waals surface area contributed by atoms with Crippen LogP contribution in [0.15, 0.2) is 42.5 Å². The van der Waals surface area contributed by atoms with E-state index in [0.29, 0.717) is 12.3 Å². The van der Waals surface area contributed by atoms with E-state index >= 15 is 0 Å². The van der Waals surface area contributed by atoms with E-state index in [4.69, 9.17) is 10.5 Å². The van der Waals surface area contributed by atoms with E-state index < -0.39 is 23.4 Å². The van der Waals surface area contributed by atoms with Gasteiger partial charge in [-0.05, 0) is 18.2 Å². The van der Waals surface area contributed by atoms with Crippen LogP contribution in [0.2, 0.25) is 0 Å². The van der Waals surface area contributed by atoms with Crippen molar-refractivity contribution in [3.63, 3.8) is 0 Å². The molecule has 0 amide bonds. The van der Waals surface area contributed by atoms with Crippen molar-refractivity contribution in [1.29, 1.82) is 0 Å². The summed E-state index contributed by atoms with van der Waals surface area (Å²) in [6.07, 6.45) is 0. The molecule has 0 saturated carbocycles. The summed E-state index contributed by atoms with van der Waals surface area (Å²) in [5.74, 6) is -1.58. The van der Waals surface area contributed by atoms with Crippen molar-refractivity contribution in [1.82, 2.24) is 5.32 Å². The molecule has 5 heteroatoms. The molecule has 2 aromatic carbocycles. The Balaban J connectivity index is 2.25. The van der Waals surface area contributed by atoms with Crippen LogP contribution < -0.4 is 15.8 Å². The summed E-state index contributed by atoms with van der Waals surface area (Å²) in [5, 5.41) is 3.13. The summed E-state index contributed by atoms with van der Waals surface area (Å²) in [6, 6.07) is 10.7. The third-order valence-corrected chi connectivity index (χ3v) is 3.19. The first-order valence-electron chi connectivity index (χ1n) is 7.18. The highest BCUT2D eigenvalue weighted by Gasteiger charge is 2.20. The van der Waals surface area contributed by atoms with Crippen LogP contribution in [0.3, 0.4) is 0 Å². The Morgan fingerprint density at radius 3 is 2.41 bits per heavy atom. The summed E-state index contributed by atoms with van der Waals surface area (Å²) in [5.41, 5.74) is 6.20. The Labute approximate surface area is 129 Å². The molecule has 2 rings (SSSR count). The van der Waals surface area contributed by atoms with Gasteiger partial charge in [-0.15, -0.1) is 0 Å². The normalized spacial score (nSPS) is 12.5. The molecule has 0 bridgehead atoms. The fraction of sp³-hybridized carbons (Fsp3) is 0.294. The van der Waals surface area contributed by atoms with Gasteiger partial charge in [-0.2, -0.15) is 0 Å². The number of nitrogens with one attached hydrogen (secondary N) is 1. The fourth-order valence-corrected chi connectivity index (χ4v) is 2.01. The van der Waals surface area contributed by atoms with Gasteiger partial charge < -0.3 is 15.8 Å². The summed E-state index contributed by atoms with van der Waals surface area (Å²) in [4.78, 5) is 0. The minimum atomic E-state index is -0.762. The smallest absolute Gasteiger partial charge is 0.198 e. The number of hydrogen-bond donors (Lipinski definition) is 2. The molecule has 0 aliphatic rings. The number of benzene rings is 2. The second kappa shape index (κ2) is 7.33. The first-order chi connectivity index (χ1) is 10.5. The summed E-state index contributed by atoms with van der Waals surface area (Å²) >= 11 is 0. The van der Waals surface area contributed by atoms with Crippen molar-refractivity contribution in [2.75, 3.05) is 6.54 Å². The SMILES string of the molecule is CC(C)NCC(N)c1ccc(F)c(Oc2ccccc2)c1F. The Morgan fingerprint density at radius 2 is 1.77 bits per heavy atom. The molecule has 0 aromatic heterocycles. The lowest BCUT2D eigenvalue weighted by molar-refractivity contribution is 0.399. The van der Waals surface area contributed by atoms with Crippen LogP contribution in [-0.2, 0) is 0 Å². The van der Waals surface area contributed by atoms with Crippen LogP contribution in [0, 0.1) is 11.6 Å². The molecule has 3 nitrogen and oxygen atoms in total. The van der Waals surface area contributed by atoms with Gasteiger partial charge in [-0.1, -0.05) is 38.1 Å². The molecule has 118 valence electrons. The second-order valence-corrected chi connectivity index (χ2v) is 5.36. The molecule has 0 radical (unpaired) electrons. The van der Waals surface area contributed by atoms with E-state index in [9.17, 15) is 8.78 Å². The quantitative estimate of drug-likeness (QED) is 0.854. The van der Waals surface area contributed by atoms with Gasteiger partial charge in [0.2, 0.25) is 0 Å². The molecule has 22 heavy (non-hydrogen) atoms. The summed E-state index contributed by atoms with van der Waals surface area (Å²) < 4.78 is 33.7. The number of hydrogen-bond acceptors (Lipinski definition) is 3. The molecule has 0 saturated heterocycles. The van der Waals surface area contributed by atoms with Gasteiger partial charge in [0.1, 0.15) is 5.75 Å². The number of halogens is 2. The fourth-order valence-electron chi connectivity index (χ4n) is 2.01. The number of ether oxygens (including phenoxy) is 1. The average Bonchev–Trinajstić information content (AvgIpc) is 2.50. The lowest BCUT2D eigenvalue weighted by atomic mass is 10.1. The summed E-state index contributed by atoms with van der Waals surface area (Å²) in [6.45, 7) is 4.33. The van der Waals surface area contributed by atoms with Gasteiger partial charge in [0.15, 0.2) is 17.4 Å². The predicted molar refractivity (Wildman–Crippen MR) is 82.9 cm³/mol. The maximum absolute atomic E-state index is 14.5. The predicted octanol–water partition coefficient (Wildman–Crippen LogP) is 3.75. The molecule has 0 heterocycles. The van der Waals surface area contributed by atoms with Crippen molar-refractivity contribution in [3.05, 3.63) is 59.7 Å². The van der Waals surface area contributed by atoms with Crippen molar-refractivity contribution in [2.45, 2.75) is 25.9 Å². The molecule has 0 aliphatic carbocycles. The molecule has 2 aromatic rings. The monoisotopic (exact) mass is 306 g/mol. The van der Waals surface area contributed by atoms with E-state index in [1.807, 2.05) is 13.8 Å². The highest BCUT2D eigenvalue weighted by molar-refractivity contribution is 5.38. The van der Waals surface area contributed by atoms with Crippen LogP contribution >= 0.6 is 0 Å². The van der Waals surface area contributed by atoms with Crippen LogP contribution in [0.4, 0.5) is 8.78 Å². The molecule has 0 fully saturated rings. The molecular formula is C17H20F2N2O. The van der Waals surface area contributed by atoms with Crippen molar-refractivity contribution >= 4 is 0 Å². The maximum Gasteiger partial charge on any atom is 0.198 e. The summed E-state index contributed by atoms with van der Waals surface area (Å²) in [7, 11) is 0. The number of rotatable bonds is 6. The Kier molecular flexibility index (Phi) is 5.46. The number of para-hydroxylation sites is 1. The molecule has 0 spiro atoms. The second-order valence-electron chi connectivity index (χ2n) is 5.36. The Morgan fingerprint density at radius 1 is 1.09 bits per heavy atom. The molecule has 0 aliphatic heterocycles. The van der Waals surface area contributed by atoms with Crippen LogP contribution in [0.1, 0.15) is 25.5 Å². The van der Waals surface area contributed by atoms with Gasteiger partial charge >= 0.3 is 0 Å². The van der Waals surface area contributed by atoms with Crippen molar-refractivity contribution in [3.8, 4) is 11.5 Å². The zero-order valence-corrected chi connectivity index (χ0v) is 12.6. The topological polar surface area (TPSA) is 47.3 Å². The van der Waals surface area contributed by atoms with Crippen LogP contribution in [-0.4, -0.2) is 12.6 Å². The molecule has 1 unspecified atom stereocenters. The van der Waals surface area contributed by atoms with E-state index in [1.54, 1.807) is 30.3 Å². The van der Waals surface area contributed by atoms with Gasteiger partial charge in [-0.3, -0.25) is 0 Å². The van der Waals surface area contributed by atoms with Crippen molar-refractivity contribution in [2.24, 2.45) is 5.73 Å². The average molecular weight is 306 g/mol. The van der Waals surface area contributed by atoms with Crippen LogP contribution in [0.5, 0.6) is 11.5 Å². The lowest BCUT2D eigenvalue weighted by Crippen LogP contribution is -2.32. The standard InChI is InChI=1S/C17H20F2N2O/c1-11(2)21-10-15(20)13-8-9-14(18)17(16(13)19)22-12-6-4-3-5-7-12/h3-9,11,15,21H,10,20H2,1-2H3. The van der Waals surface area contributed by atoms with E-state index in [-0.39, 0.29) is 11.6 Å². The Hall–Kier alpha value is -1.98. The van der Waals surface area contributed by atoms with Gasteiger partial charge in [0, 0.05) is 24.2 Å². The van der Waals surface area contributed by atoms with E-state index in [2.05, 4.69) is 5.32 Å². The minimum Gasteiger partial charge on any atom is -0.451 e. The number of nitrogens with two attached hydrogens (primary N) is 1. The van der Waals surface area contributed by atoms with Crippen LogP contribution in [0.25, 0.3) is 0 Å². The highest BCUT2D eigenvalue weighted by atomic mass is 19.1. The van der Waals surface area contributed by atoms with Gasteiger partial charge in [0.05, 0.1) is 0 Å². The molecule has 1 atom stereocenters. The zero-order chi connectivity index (χ0) is 16.1. The van der Waals surface area contributed by atoms with Gasteiger partial charge in [-0.25, -0.2) is 8.78 Å². The largest absolute Gasteiger partial charge is 0.451 e. The Bertz CT molecular complexity index is 618. The maximum atomic E-state index is 14.5. The zero-order valence-electron chi connectivity index (χ0n) is 12.6. The van der Waals surface area contributed by atoms with Crippen molar-refractivity contribution < 1.29 is 13.5 Å². The highest BCUT2D eigenvalue weighted by Crippen LogP contribution is 2.31. The molecule has 3 N–H and O–H groups in total. The molecular weight excluding hydrogens is 286 g/mol. The van der Waals surface area contributed by atoms with E-state index in [1.165, 1.54) is 12.1 Å². The third kappa shape index (κ3) is 4.02. The first-order valence-corrected chi connectivity index (χ1v) is 7.18. The lowest BCUT2D eigenvalue weighted by Gasteiger charge is -2.18. The van der Waals surface area contributed by atoms with Gasteiger partial charge in [0.25, 0.3) is 0 Å². The first kappa shape index (κ1) is 16.4. The third-order valence-electron chi connectivity index (χ3n) is 3.19. The van der Waals surface area contributed by atoms with E-state index in [0.717, 1.165) is 0 Å².